The third-order valence-corrected chi connectivity index (χ3v) is 8.02. The van der Waals surface area contributed by atoms with E-state index in [0.717, 1.165) is 74.5 Å². The lowest BCUT2D eigenvalue weighted by Crippen LogP contribution is -2.61. The summed E-state index contributed by atoms with van der Waals surface area (Å²) in [6.45, 7) is 8.97. The molecule has 190 valence electrons. The van der Waals surface area contributed by atoms with Gasteiger partial charge in [-0.3, -0.25) is 15.4 Å². The minimum Gasteiger partial charge on any atom is -0.355 e. The number of anilines is 1. The van der Waals surface area contributed by atoms with Crippen molar-refractivity contribution in [3.05, 3.63) is 23.5 Å². The van der Waals surface area contributed by atoms with Gasteiger partial charge in [0.05, 0.1) is 11.7 Å². The number of amides is 1. The molecule has 11 nitrogen and oxygen atoms in total. The molecule has 0 bridgehead atoms. The van der Waals surface area contributed by atoms with E-state index in [2.05, 4.69) is 52.8 Å². The van der Waals surface area contributed by atoms with Crippen LogP contribution in [0.4, 0.5) is 5.82 Å². The van der Waals surface area contributed by atoms with E-state index in [1.54, 1.807) is 0 Å². The molecule has 11 heteroatoms. The molecule has 4 aliphatic rings. The fourth-order valence-electron chi connectivity index (χ4n) is 6.25. The molecule has 4 unspecified atom stereocenters. The SMILES string of the molecule is Cc1cn2nc([C@@H]3CCCCN3C(=O)C3NC4NC(C)CC(C)N4N3)cc2nc1N1CC[C@H](N)C1. The van der Waals surface area contributed by atoms with E-state index in [9.17, 15) is 4.79 Å². The van der Waals surface area contributed by atoms with Crippen molar-refractivity contribution in [1.82, 2.24) is 40.6 Å². The van der Waals surface area contributed by atoms with Gasteiger partial charge < -0.3 is 15.5 Å². The van der Waals surface area contributed by atoms with Crippen LogP contribution in [0.2, 0.25) is 0 Å². The standard InChI is InChI=1S/C24H38N10O/c1-14-12-33-20(27-22(14)31-9-7-17(25)13-31)11-18(29-33)19-6-4-5-8-32(19)23(35)21-28-24-26-15(2)10-16(3)34(24)30-21/h11-12,15-17,19,21,24,26,28,30H,4-10,13,25H2,1-3H3/t15?,16?,17-,19-,21?,24?/m0/s1. The molecule has 6 atom stereocenters. The quantitative estimate of drug-likeness (QED) is 0.493. The second-order valence-electron chi connectivity index (χ2n) is 10.8. The first-order chi connectivity index (χ1) is 16.9. The predicted octanol–water partition coefficient (Wildman–Crippen LogP) is 0.419. The van der Waals surface area contributed by atoms with Crippen LogP contribution in [-0.2, 0) is 4.79 Å². The lowest BCUT2D eigenvalue weighted by Gasteiger charge is -2.38. The highest BCUT2D eigenvalue weighted by atomic mass is 16.2. The van der Waals surface area contributed by atoms with Gasteiger partial charge in [-0.25, -0.2) is 19.9 Å². The first-order valence-corrected chi connectivity index (χ1v) is 13.1. The van der Waals surface area contributed by atoms with Gasteiger partial charge in [-0.05, 0) is 52.9 Å². The molecule has 0 aromatic carbocycles. The van der Waals surface area contributed by atoms with Gasteiger partial charge in [-0.15, -0.1) is 0 Å². The zero-order valence-electron chi connectivity index (χ0n) is 20.9. The number of nitrogens with one attached hydrogen (secondary N) is 3. The predicted molar refractivity (Wildman–Crippen MR) is 133 cm³/mol. The normalized spacial score (nSPS) is 34.1. The van der Waals surface area contributed by atoms with E-state index in [1.165, 1.54) is 0 Å². The summed E-state index contributed by atoms with van der Waals surface area (Å²) in [5, 5.41) is 14.0. The van der Waals surface area contributed by atoms with E-state index >= 15 is 0 Å². The lowest BCUT2D eigenvalue weighted by atomic mass is 9.99. The maximum absolute atomic E-state index is 13.7. The molecule has 0 spiro atoms. The molecule has 2 aromatic heterocycles. The Balaban J connectivity index is 1.24. The third kappa shape index (κ3) is 4.19. The van der Waals surface area contributed by atoms with Gasteiger partial charge in [-0.2, -0.15) is 5.10 Å². The minimum atomic E-state index is -0.441. The smallest absolute Gasteiger partial charge is 0.256 e. The topological polar surface area (TPSA) is 119 Å². The first-order valence-electron chi connectivity index (χ1n) is 13.1. The molecule has 2 aromatic rings. The van der Waals surface area contributed by atoms with Gasteiger partial charge in [0.15, 0.2) is 11.8 Å². The van der Waals surface area contributed by atoms with E-state index in [1.807, 2.05) is 15.6 Å². The molecule has 6 heterocycles. The van der Waals surface area contributed by atoms with Gasteiger partial charge >= 0.3 is 0 Å². The number of hydrazine groups is 1. The number of nitrogens with two attached hydrogens (primary N) is 1. The average molecular weight is 483 g/mol. The summed E-state index contributed by atoms with van der Waals surface area (Å²) < 4.78 is 1.86. The molecular weight excluding hydrogens is 444 g/mol. The number of nitrogens with zero attached hydrogens (tertiary/aromatic N) is 6. The summed E-state index contributed by atoms with van der Waals surface area (Å²) in [6.07, 6.45) is 6.61. The second-order valence-corrected chi connectivity index (χ2v) is 10.8. The van der Waals surface area contributed by atoms with Crippen LogP contribution >= 0.6 is 0 Å². The largest absolute Gasteiger partial charge is 0.355 e. The Kier molecular flexibility index (Phi) is 5.92. The zero-order chi connectivity index (χ0) is 24.3. The van der Waals surface area contributed by atoms with Crippen LogP contribution in [0.5, 0.6) is 0 Å². The highest BCUT2D eigenvalue weighted by Gasteiger charge is 2.44. The van der Waals surface area contributed by atoms with Crippen LogP contribution in [0.15, 0.2) is 12.3 Å². The monoisotopic (exact) mass is 482 g/mol. The zero-order valence-corrected chi connectivity index (χ0v) is 20.9. The minimum absolute atomic E-state index is 0.0366. The number of hydrogen-bond donors (Lipinski definition) is 4. The summed E-state index contributed by atoms with van der Waals surface area (Å²) in [4.78, 5) is 22.9. The van der Waals surface area contributed by atoms with Gasteiger partial charge in [0.2, 0.25) is 0 Å². The second kappa shape index (κ2) is 8.97. The summed E-state index contributed by atoms with van der Waals surface area (Å²) in [5.41, 5.74) is 12.4. The van der Waals surface area contributed by atoms with Crippen LogP contribution in [0.1, 0.15) is 63.3 Å². The van der Waals surface area contributed by atoms with Crippen molar-refractivity contribution in [2.45, 2.75) is 89.5 Å². The van der Waals surface area contributed by atoms with Gasteiger partial charge in [0.25, 0.3) is 5.91 Å². The molecule has 1 amide bonds. The Labute approximate surface area is 206 Å². The Morgan fingerprint density at radius 1 is 1.17 bits per heavy atom. The van der Waals surface area contributed by atoms with Crippen LogP contribution in [0.25, 0.3) is 5.65 Å². The van der Waals surface area contributed by atoms with Crippen molar-refractivity contribution in [2.75, 3.05) is 24.5 Å². The maximum Gasteiger partial charge on any atom is 0.256 e. The van der Waals surface area contributed by atoms with Crippen molar-refractivity contribution in [2.24, 2.45) is 5.73 Å². The van der Waals surface area contributed by atoms with Crippen LogP contribution in [0, 0.1) is 6.92 Å². The number of aryl methyl sites for hydroxylation is 1. The van der Waals surface area contributed by atoms with Crippen LogP contribution < -0.4 is 26.7 Å². The number of hydrogen-bond acceptors (Lipinski definition) is 9. The highest BCUT2D eigenvalue weighted by molar-refractivity contribution is 5.82. The number of rotatable bonds is 3. The van der Waals surface area contributed by atoms with Gasteiger partial charge in [0.1, 0.15) is 12.1 Å². The molecule has 5 N–H and O–H groups in total. The van der Waals surface area contributed by atoms with E-state index < -0.39 is 6.17 Å². The fraction of sp³-hybridized carbons (Fsp3) is 0.708. The average Bonchev–Trinajstić information content (AvgIpc) is 3.56. The van der Waals surface area contributed by atoms with Gasteiger partial charge in [0, 0.05) is 55.6 Å². The number of carbonyl (C=O) groups is 1. The number of likely N-dealkylation sites (tertiary alicyclic amines) is 1. The Bertz CT molecular complexity index is 1100. The van der Waals surface area contributed by atoms with Crippen LogP contribution in [0.3, 0.4) is 0 Å². The molecule has 6 rings (SSSR count). The van der Waals surface area contributed by atoms with Crippen molar-refractivity contribution in [3.63, 3.8) is 0 Å². The molecule has 4 saturated heterocycles. The van der Waals surface area contributed by atoms with E-state index in [-0.39, 0.29) is 24.3 Å². The van der Waals surface area contributed by atoms with E-state index in [4.69, 9.17) is 15.8 Å². The summed E-state index contributed by atoms with van der Waals surface area (Å²) in [7, 11) is 0. The molecule has 0 saturated carbocycles. The third-order valence-electron chi connectivity index (χ3n) is 8.02. The van der Waals surface area contributed by atoms with Crippen molar-refractivity contribution in [3.8, 4) is 0 Å². The molecule has 4 aliphatic heterocycles. The van der Waals surface area contributed by atoms with E-state index in [0.29, 0.717) is 12.1 Å². The molecule has 4 fully saturated rings. The summed E-state index contributed by atoms with van der Waals surface area (Å²) in [6, 6.07) is 2.97. The summed E-state index contributed by atoms with van der Waals surface area (Å²) in [5.74, 6) is 1.07. The number of carbonyl (C=O) groups excluding carboxylic acids is 1. The molecular formula is C24H38N10O. The first kappa shape index (κ1) is 23.1. The van der Waals surface area contributed by atoms with Crippen LogP contribution in [-0.4, -0.2) is 80.6 Å². The number of aromatic nitrogens is 3. The molecule has 0 radical (unpaired) electrons. The number of piperidine rings is 1. The van der Waals surface area contributed by atoms with Crippen molar-refractivity contribution < 1.29 is 4.79 Å². The highest BCUT2D eigenvalue weighted by Crippen LogP contribution is 2.32. The number of fused-ring (bicyclic) bond motifs is 2. The molecule has 35 heavy (non-hydrogen) atoms. The summed E-state index contributed by atoms with van der Waals surface area (Å²) >= 11 is 0. The Hall–Kier alpha value is -2.31. The van der Waals surface area contributed by atoms with Crippen molar-refractivity contribution in [1.29, 1.82) is 0 Å². The fourth-order valence-corrected chi connectivity index (χ4v) is 6.25. The van der Waals surface area contributed by atoms with Gasteiger partial charge in [-0.1, -0.05) is 0 Å². The Morgan fingerprint density at radius 2 is 2.03 bits per heavy atom. The lowest BCUT2D eigenvalue weighted by molar-refractivity contribution is -0.138. The van der Waals surface area contributed by atoms with Crippen molar-refractivity contribution >= 4 is 17.4 Å². The maximum atomic E-state index is 13.7. The Morgan fingerprint density at radius 3 is 2.83 bits per heavy atom. The molecule has 0 aliphatic carbocycles.